The number of rotatable bonds is 16. The Morgan fingerprint density at radius 2 is 1.72 bits per heavy atom. The van der Waals surface area contributed by atoms with Crippen molar-refractivity contribution < 1.29 is 42.3 Å². The van der Waals surface area contributed by atoms with Crippen LogP contribution in [0.1, 0.15) is 51.3 Å². The number of hydrogen-bond acceptors (Lipinski definition) is 14. The fourth-order valence-electron chi connectivity index (χ4n) is 2.87. The van der Waals surface area contributed by atoms with Crippen molar-refractivity contribution in [3.8, 4) is 0 Å². The van der Waals surface area contributed by atoms with E-state index in [1.54, 1.807) is 0 Å². The molecule has 16 heteroatoms. The van der Waals surface area contributed by atoms with Crippen molar-refractivity contribution in [2.75, 3.05) is 38.8 Å². The van der Waals surface area contributed by atoms with Gasteiger partial charge in [-0.15, -0.1) is 11.8 Å². The predicted molar refractivity (Wildman–Crippen MR) is 129 cm³/mol. The van der Waals surface area contributed by atoms with E-state index in [9.17, 15) is 24.1 Å². The molecule has 3 atom stereocenters. The highest BCUT2D eigenvalue weighted by molar-refractivity contribution is 8.00. The number of hydrogen-bond donors (Lipinski definition) is 2. The zero-order chi connectivity index (χ0) is 26.6. The summed E-state index contributed by atoms with van der Waals surface area (Å²) in [6, 6.07) is 0. The highest BCUT2D eigenvalue weighted by Crippen LogP contribution is 2.51. The minimum absolute atomic E-state index is 0.158. The second-order valence-corrected chi connectivity index (χ2v) is 10.9. The van der Waals surface area contributed by atoms with Crippen LogP contribution in [0.25, 0.3) is 0 Å². The van der Waals surface area contributed by atoms with Gasteiger partial charge in [0.2, 0.25) is 5.95 Å². The SMILES string of the molecule is CCCCOC(=O)COP(=O)(OCC(=O)OCCCC)OC[C@H]1S[C@@H](n2cnc(N)nc2=O)C[C@H]1O. The molecule has 1 fully saturated rings. The van der Waals surface area contributed by atoms with Crippen LogP contribution in [0.3, 0.4) is 0 Å². The molecule has 1 aliphatic rings. The number of carbonyl (C=O) groups is 2. The van der Waals surface area contributed by atoms with Crippen LogP contribution >= 0.6 is 19.6 Å². The second-order valence-electron chi connectivity index (χ2n) is 7.77. The molecule has 2 heterocycles. The van der Waals surface area contributed by atoms with E-state index in [0.717, 1.165) is 24.6 Å². The van der Waals surface area contributed by atoms with Crippen LogP contribution in [0.15, 0.2) is 11.1 Å². The van der Waals surface area contributed by atoms with E-state index < -0.39 is 55.4 Å². The van der Waals surface area contributed by atoms with E-state index >= 15 is 0 Å². The Kier molecular flexibility index (Phi) is 12.8. The highest BCUT2D eigenvalue weighted by Gasteiger charge is 2.39. The number of ether oxygens (including phenoxy) is 2. The fourth-order valence-corrected chi connectivity index (χ4v) is 5.49. The van der Waals surface area contributed by atoms with Gasteiger partial charge in [0.1, 0.15) is 6.33 Å². The molecule has 0 amide bonds. The maximum atomic E-state index is 13.1. The summed E-state index contributed by atoms with van der Waals surface area (Å²) in [7, 11) is -4.43. The number of anilines is 1. The molecule has 14 nitrogen and oxygen atoms in total. The van der Waals surface area contributed by atoms with Gasteiger partial charge < -0.3 is 20.3 Å². The number of carbonyl (C=O) groups excluding carboxylic acids is 2. The maximum Gasteiger partial charge on any atom is 0.475 e. The molecule has 3 N–H and O–H groups in total. The number of unbranched alkanes of at least 4 members (excludes halogenated alkanes) is 2. The lowest BCUT2D eigenvalue weighted by Gasteiger charge is -2.20. The number of aliphatic hydroxyl groups is 1. The van der Waals surface area contributed by atoms with Gasteiger partial charge in [-0.05, 0) is 12.8 Å². The van der Waals surface area contributed by atoms with Crippen LogP contribution in [-0.2, 0) is 37.2 Å². The van der Waals surface area contributed by atoms with Gasteiger partial charge in [0.25, 0.3) is 0 Å². The Hall–Kier alpha value is -2.03. The molecule has 1 aromatic heterocycles. The van der Waals surface area contributed by atoms with E-state index in [2.05, 4.69) is 9.97 Å². The Bertz CT molecular complexity index is 935. The Morgan fingerprint density at radius 1 is 1.14 bits per heavy atom. The number of phosphoric ester groups is 1. The van der Waals surface area contributed by atoms with Crippen molar-refractivity contribution in [2.45, 2.75) is 62.7 Å². The zero-order valence-corrected chi connectivity index (χ0v) is 22.0. The van der Waals surface area contributed by atoms with Crippen LogP contribution in [0.5, 0.6) is 0 Å². The average Bonchev–Trinajstić information content (AvgIpc) is 3.21. The van der Waals surface area contributed by atoms with Crippen LogP contribution in [0.4, 0.5) is 5.95 Å². The number of aromatic nitrogens is 3. The first-order chi connectivity index (χ1) is 17.2. The fraction of sp³-hybridized carbons (Fsp3) is 0.750. The molecule has 204 valence electrons. The number of thioether (sulfide) groups is 1. The number of aliphatic hydroxyl groups excluding tert-OH is 1. The van der Waals surface area contributed by atoms with Crippen molar-refractivity contribution in [3.05, 3.63) is 16.8 Å². The molecular weight excluding hydrogens is 519 g/mol. The van der Waals surface area contributed by atoms with Gasteiger partial charge in [-0.1, -0.05) is 26.7 Å². The number of nitrogen functional groups attached to an aromatic ring is 1. The Labute approximate surface area is 212 Å². The monoisotopic (exact) mass is 552 g/mol. The van der Waals surface area contributed by atoms with Crippen LogP contribution in [0.2, 0.25) is 0 Å². The first kappa shape index (κ1) is 30.2. The van der Waals surface area contributed by atoms with E-state index in [0.29, 0.717) is 12.8 Å². The smallest absolute Gasteiger partial charge is 0.464 e. The van der Waals surface area contributed by atoms with Crippen molar-refractivity contribution in [2.24, 2.45) is 0 Å². The summed E-state index contributed by atoms with van der Waals surface area (Å²) < 4.78 is 39.8. The van der Waals surface area contributed by atoms with Gasteiger partial charge in [-0.25, -0.2) is 23.9 Å². The molecule has 0 spiro atoms. The van der Waals surface area contributed by atoms with Crippen LogP contribution in [-0.4, -0.2) is 76.0 Å². The third-order valence-corrected chi connectivity index (χ3v) is 7.75. The van der Waals surface area contributed by atoms with Crippen LogP contribution in [0, 0.1) is 0 Å². The lowest BCUT2D eigenvalue weighted by molar-refractivity contribution is -0.147. The van der Waals surface area contributed by atoms with E-state index in [-0.39, 0.29) is 32.2 Å². The topological polar surface area (TPSA) is 191 Å². The number of esters is 2. The third kappa shape index (κ3) is 10.1. The maximum absolute atomic E-state index is 13.1. The van der Waals surface area contributed by atoms with Gasteiger partial charge in [-0.2, -0.15) is 4.98 Å². The molecule has 1 aliphatic heterocycles. The molecule has 0 bridgehead atoms. The molecular formula is C20H33N4O10PS. The van der Waals surface area contributed by atoms with Gasteiger partial charge in [0.15, 0.2) is 13.2 Å². The molecule has 0 unspecified atom stereocenters. The molecule has 36 heavy (non-hydrogen) atoms. The largest absolute Gasteiger partial charge is 0.475 e. The summed E-state index contributed by atoms with van der Waals surface area (Å²) in [5, 5.41) is 9.27. The van der Waals surface area contributed by atoms with E-state index in [1.165, 1.54) is 10.9 Å². The van der Waals surface area contributed by atoms with Crippen molar-refractivity contribution in [1.82, 2.24) is 14.5 Å². The van der Waals surface area contributed by atoms with Crippen LogP contribution < -0.4 is 11.4 Å². The summed E-state index contributed by atoms with van der Waals surface area (Å²) in [5.74, 6) is -1.73. The molecule has 0 aliphatic carbocycles. The van der Waals surface area contributed by atoms with Crippen molar-refractivity contribution in [1.29, 1.82) is 0 Å². The number of nitrogens with two attached hydrogens (primary N) is 1. The van der Waals surface area contributed by atoms with E-state index in [4.69, 9.17) is 28.8 Å². The summed E-state index contributed by atoms with van der Waals surface area (Å²) in [6.45, 7) is 2.41. The minimum atomic E-state index is -4.43. The van der Waals surface area contributed by atoms with Gasteiger partial charge >= 0.3 is 25.5 Å². The van der Waals surface area contributed by atoms with E-state index in [1.807, 2.05) is 13.8 Å². The van der Waals surface area contributed by atoms with Gasteiger partial charge in [0.05, 0.1) is 36.5 Å². The van der Waals surface area contributed by atoms with Gasteiger partial charge in [0, 0.05) is 6.42 Å². The molecule has 2 rings (SSSR count). The molecule has 0 aromatic carbocycles. The first-order valence-corrected chi connectivity index (χ1v) is 14.0. The summed E-state index contributed by atoms with van der Waals surface area (Å²) >= 11 is 1.16. The highest BCUT2D eigenvalue weighted by atomic mass is 32.2. The lowest BCUT2D eigenvalue weighted by Crippen LogP contribution is -2.26. The number of nitrogens with zero attached hydrogens (tertiary/aromatic N) is 3. The summed E-state index contributed by atoms with van der Waals surface area (Å²) in [5.41, 5.74) is 4.78. The standard InChI is InChI=1S/C20H33N4O10PS/c1-3-5-7-30-17(26)11-33-35(29,34-12-18(27)31-8-6-4-2)32-10-15-14(25)9-16(36-15)24-13-22-19(21)23-20(24)28/h13-16,25H,3-12H2,1-2H3,(H2,21,23,28)/t14-,15-,16-/m1/s1. The summed E-state index contributed by atoms with van der Waals surface area (Å²) in [6.07, 6.45) is 3.37. The molecule has 1 aromatic rings. The minimum Gasteiger partial charge on any atom is -0.464 e. The average molecular weight is 553 g/mol. The molecule has 1 saturated heterocycles. The normalized spacial score (nSPS) is 19.8. The zero-order valence-electron chi connectivity index (χ0n) is 20.3. The Balaban J connectivity index is 1.98. The number of phosphoric acid groups is 1. The predicted octanol–water partition coefficient (Wildman–Crippen LogP) is 1.43. The third-order valence-electron chi connectivity index (χ3n) is 4.86. The quantitative estimate of drug-likeness (QED) is 0.170. The molecule has 0 radical (unpaired) electrons. The second kappa shape index (κ2) is 15.3. The van der Waals surface area contributed by atoms with Crippen molar-refractivity contribution in [3.63, 3.8) is 0 Å². The first-order valence-electron chi connectivity index (χ1n) is 11.6. The Morgan fingerprint density at radius 3 is 2.25 bits per heavy atom. The lowest BCUT2D eigenvalue weighted by atomic mass is 10.2. The van der Waals surface area contributed by atoms with Gasteiger partial charge in [-0.3, -0.25) is 18.1 Å². The summed E-state index contributed by atoms with van der Waals surface area (Å²) in [4.78, 5) is 43.2. The van der Waals surface area contributed by atoms with Crippen molar-refractivity contribution >= 4 is 37.5 Å². The molecule has 0 saturated carbocycles.